The van der Waals surface area contributed by atoms with E-state index in [4.69, 9.17) is 33.2 Å². The second kappa shape index (κ2) is 4.11. The van der Waals surface area contributed by atoms with E-state index in [1.807, 2.05) is 0 Å². The van der Waals surface area contributed by atoms with Gasteiger partial charge >= 0.3 is 7.12 Å². The zero-order valence-electron chi connectivity index (χ0n) is 6.37. The zero-order valence-corrected chi connectivity index (χ0v) is 7.88. The highest BCUT2D eigenvalue weighted by Gasteiger charge is 2.18. The Bertz CT molecular complexity index is 341. The first kappa shape index (κ1) is 10.5. The molecule has 1 aromatic carbocycles. The van der Waals surface area contributed by atoms with E-state index in [-0.39, 0.29) is 21.1 Å². The minimum absolute atomic E-state index is 0.00694. The summed E-state index contributed by atoms with van der Waals surface area (Å²) < 4.78 is 0. The second-order valence-corrected chi connectivity index (χ2v) is 3.23. The fourth-order valence-electron chi connectivity index (χ4n) is 0.943. The smallest absolute Gasteiger partial charge is 0.423 e. The van der Waals surface area contributed by atoms with E-state index in [0.717, 1.165) is 0 Å². The maximum atomic E-state index is 10.5. The maximum absolute atomic E-state index is 10.5. The number of hydrogen-bond acceptors (Lipinski definition) is 3. The molecule has 0 aliphatic heterocycles. The van der Waals surface area contributed by atoms with Crippen LogP contribution in [-0.2, 0) is 0 Å². The molecule has 3 nitrogen and oxygen atoms in total. The SMILES string of the molecule is O=Cc1c(Cl)cc(Cl)cc1B(O)O. The minimum Gasteiger partial charge on any atom is -0.423 e. The van der Waals surface area contributed by atoms with Gasteiger partial charge in [0.15, 0.2) is 6.29 Å². The van der Waals surface area contributed by atoms with Crippen LogP contribution in [-0.4, -0.2) is 23.5 Å². The molecule has 0 saturated carbocycles. The molecule has 1 aromatic rings. The second-order valence-electron chi connectivity index (χ2n) is 2.38. The molecular weight excluding hydrogens is 214 g/mol. The van der Waals surface area contributed by atoms with Gasteiger partial charge in [0, 0.05) is 10.6 Å². The van der Waals surface area contributed by atoms with Gasteiger partial charge in [0.05, 0.1) is 5.02 Å². The van der Waals surface area contributed by atoms with E-state index in [0.29, 0.717) is 6.29 Å². The Kier molecular flexibility index (Phi) is 3.33. The van der Waals surface area contributed by atoms with Gasteiger partial charge in [0.25, 0.3) is 0 Å². The quantitative estimate of drug-likeness (QED) is 0.561. The van der Waals surface area contributed by atoms with Crippen LogP contribution in [0.25, 0.3) is 0 Å². The molecular formula is C7H5BCl2O3. The van der Waals surface area contributed by atoms with E-state index in [9.17, 15) is 4.79 Å². The van der Waals surface area contributed by atoms with E-state index < -0.39 is 7.12 Å². The number of carbonyl (C=O) groups excluding carboxylic acids is 1. The van der Waals surface area contributed by atoms with Gasteiger partial charge in [-0.25, -0.2) is 0 Å². The van der Waals surface area contributed by atoms with Gasteiger partial charge in [-0.15, -0.1) is 0 Å². The van der Waals surface area contributed by atoms with Crippen LogP contribution in [0, 0.1) is 0 Å². The fraction of sp³-hybridized carbons (Fsp3) is 0. The molecule has 68 valence electrons. The topological polar surface area (TPSA) is 57.5 Å². The van der Waals surface area contributed by atoms with Crippen molar-refractivity contribution in [1.29, 1.82) is 0 Å². The molecule has 0 saturated heterocycles. The normalized spacial score (nSPS) is 9.85. The molecule has 0 heterocycles. The Morgan fingerprint density at radius 2 is 1.92 bits per heavy atom. The van der Waals surface area contributed by atoms with Gasteiger partial charge in [0.1, 0.15) is 0 Å². The van der Waals surface area contributed by atoms with Crippen molar-refractivity contribution in [3.05, 3.63) is 27.7 Å². The molecule has 0 amide bonds. The molecule has 0 bridgehead atoms. The minimum atomic E-state index is -1.75. The molecule has 0 aliphatic carbocycles. The molecule has 0 radical (unpaired) electrons. The summed E-state index contributed by atoms with van der Waals surface area (Å²) in [5.41, 5.74) is 0.0496. The van der Waals surface area contributed by atoms with Gasteiger partial charge in [-0.05, 0) is 17.6 Å². The average molecular weight is 219 g/mol. The monoisotopic (exact) mass is 218 g/mol. The van der Waals surface area contributed by atoms with Gasteiger partial charge in [-0.1, -0.05) is 23.2 Å². The Morgan fingerprint density at radius 3 is 2.38 bits per heavy atom. The van der Waals surface area contributed by atoms with Crippen molar-refractivity contribution in [3.63, 3.8) is 0 Å². The van der Waals surface area contributed by atoms with Crippen LogP contribution < -0.4 is 5.46 Å². The van der Waals surface area contributed by atoms with E-state index in [2.05, 4.69) is 0 Å². The van der Waals surface area contributed by atoms with Gasteiger partial charge in [0.2, 0.25) is 0 Å². The molecule has 0 aromatic heterocycles. The Labute approximate surface area is 85.0 Å². The molecule has 0 aliphatic rings. The lowest BCUT2D eigenvalue weighted by Gasteiger charge is -2.05. The van der Waals surface area contributed by atoms with Crippen molar-refractivity contribution >= 4 is 42.1 Å². The molecule has 6 heteroatoms. The fourth-order valence-corrected chi connectivity index (χ4v) is 1.50. The Balaban J connectivity index is 3.38. The van der Waals surface area contributed by atoms with E-state index >= 15 is 0 Å². The van der Waals surface area contributed by atoms with Gasteiger partial charge < -0.3 is 10.0 Å². The summed E-state index contributed by atoms with van der Waals surface area (Å²) >= 11 is 11.2. The third kappa shape index (κ3) is 2.22. The summed E-state index contributed by atoms with van der Waals surface area (Å²) in [6.45, 7) is 0. The first-order valence-corrected chi connectivity index (χ1v) is 4.12. The first-order chi connectivity index (χ1) is 6.06. The molecule has 1 rings (SSSR count). The zero-order chi connectivity index (χ0) is 10.0. The maximum Gasteiger partial charge on any atom is 0.489 e. The lowest BCUT2D eigenvalue weighted by atomic mass is 9.77. The Morgan fingerprint density at radius 1 is 1.31 bits per heavy atom. The third-order valence-corrected chi connectivity index (χ3v) is 2.05. The number of aldehydes is 1. The summed E-state index contributed by atoms with van der Waals surface area (Å²) in [6.07, 6.45) is 0.452. The van der Waals surface area contributed by atoms with Crippen LogP contribution in [0.15, 0.2) is 12.1 Å². The number of halogens is 2. The molecule has 2 N–H and O–H groups in total. The highest BCUT2D eigenvalue weighted by Crippen LogP contribution is 2.18. The predicted molar refractivity (Wildman–Crippen MR) is 51.7 cm³/mol. The van der Waals surface area contributed by atoms with Crippen molar-refractivity contribution in [2.24, 2.45) is 0 Å². The van der Waals surface area contributed by atoms with Crippen molar-refractivity contribution in [3.8, 4) is 0 Å². The number of hydrogen-bond donors (Lipinski definition) is 2. The highest BCUT2D eigenvalue weighted by atomic mass is 35.5. The summed E-state index contributed by atoms with van der Waals surface area (Å²) in [4.78, 5) is 10.5. The lowest BCUT2D eigenvalue weighted by Crippen LogP contribution is -2.33. The highest BCUT2D eigenvalue weighted by molar-refractivity contribution is 6.61. The number of benzene rings is 1. The van der Waals surface area contributed by atoms with E-state index in [1.54, 1.807) is 0 Å². The molecule has 13 heavy (non-hydrogen) atoms. The van der Waals surface area contributed by atoms with Crippen LogP contribution in [0.3, 0.4) is 0 Å². The molecule has 0 unspecified atom stereocenters. The first-order valence-electron chi connectivity index (χ1n) is 3.36. The molecule has 0 atom stereocenters. The van der Waals surface area contributed by atoms with Gasteiger partial charge in [-0.3, -0.25) is 4.79 Å². The standard InChI is InChI=1S/C7H5BCl2O3/c9-4-1-6(8(12)13)5(3-11)7(10)2-4/h1-3,12-13H. The lowest BCUT2D eigenvalue weighted by molar-refractivity contribution is 0.112. The summed E-state index contributed by atoms with van der Waals surface area (Å²) in [5.74, 6) is 0. The largest absolute Gasteiger partial charge is 0.489 e. The molecule has 0 spiro atoms. The van der Waals surface area contributed by atoms with Crippen molar-refractivity contribution in [1.82, 2.24) is 0 Å². The number of carbonyl (C=O) groups is 1. The average Bonchev–Trinajstić information content (AvgIpc) is 2.02. The van der Waals surface area contributed by atoms with Crippen molar-refractivity contribution in [2.75, 3.05) is 0 Å². The summed E-state index contributed by atoms with van der Waals surface area (Å²) in [6, 6.07) is 2.64. The van der Waals surface area contributed by atoms with Crippen molar-refractivity contribution in [2.45, 2.75) is 0 Å². The van der Waals surface area contributed by atoms with Crippen LogP contribution in [0.4, 0.5) is 0 Å². The van der Waals surface area contributed by atoms with Crippen molar-refractivity contribution < 1.29 is 14.8 Å². The summed E-state index contributed by atoms with van der Waals surface area (Å²) in [5, 5.41) is 18.1. The number of rotatable bonds is 2. The van der Waals surface area contributed by atoms with Crippen LogP contribution in [0.5, 0.6) is 0 Å². The Hall–Kier alpha value is -0.545. The van der Waals surface area contributed by atoms with E-state index in [1.165, 1.54) is 12.1 Å². The predicted octanol–water partition coefficient (Wildman–Crippen LogP) is 0.486. The van der Waals surface area contributed by atoms with Crippen LogP contribution in [0.1, 0.15) is 10.4 Å². The van der Waals surface area contributed by atoms with Gasteiger partial charge in [-0.2, -0.15) is 0 Å². The van der Waals surface area contributed by atoms with Crippen LogP contribution >= 0.6 is 23.2 Å². The summed E-state index contributed by atoms with van der Waals surface area (Å²) in [7, 11) is -1.75. The third-order valence-electron chi connectivity index (χ3n) is 1.52. The molecule has 0 fully saturated rings. The van der Waals surface area contributed by atoms with Crippen LogP contribution in [0.2, 0.25) is 10.0 Å².